The number of nitrogens with one attached hydrogen (secondary N) is 3. The minimum atomic E-state index is -0.875. The van der Waals surface area contributed by atoms with Gasteiger partial charge >= 0.3 is 6.03 Å². The van der Waals surface area contributed by atoms with E-state index in [-0.39, 0.29) is 18.3 Å². The van der Waals surface area contributed by atoms with Crippen LogP contribution < -0.4 is 16.0 Å². The summed E-state index contributed by atoms with van der Waals surface area (Å²) in [5.74, 6) is -2.21. The third-order valence-electron chi connectivity index (χ3n) is 2.03. The number of hydrogen-bond donors (Lipinski definition) is 3. The molecule has 0 aliphatic rings. The first-order valence-corrected chi connectivity index (χ1v) is 5.67. The molecular formula is C12H15F2N3O2. The summed E-state index contributed by atoms with van der Waals surface area (Å²) in [7, 11) is 0. The van der Waals surface area contributed by atoms with Gasteiger partial charge < -0.3 is 16.0 Å². The molecule has 3 amide bonds. The molecule has 0 aromatic heterocycles. The average Bonchev–Trinajstić information content (AvgIpc) is 2.29. The van der Waals surface area contributed by atoms with Gasteiger partial charge in [-0.15, -0.1) is 0 Å². The molecule has 0 bridgehead atoms. The first-order valence-electron chi connectivity index (χ1n) is 5.67. The summed E-state index contributed by atoms with van der Waals surface area (Å²) in [5, 5.41) is 7.06. The standard InChI is InChI=1S/C12H15F2N3O2/c1-7(2)16-12(19)15-6-11(18)17-10-4-3-8(13)5-9(10)14/h3-5,7H,6H2,1-2H3,(H,17,18)(H2,15,16,19). The monoisotopic (exact) mass is 271 g/mol. The van der Waals surface area contributed by atoms with E-state index in [0.717, 1.165) is 12.1 Å². The van der Waals surface area contributed by atoms with Crippen LogP contribution in [0.2, 0.25) is 0 Å². The molecule has 7 heteroatoms. The second-order valence-corrected chi connectivity index (χ2v) is 4.15. The van der Waals surface area contributed by atoms with Crippen molar-refractivity contribution in [3.63, 3.8) is 0 Å². The maximum atomic E-state index is 13.2. The zero-order chi connectivity index (χ0) is 14.4. The Kier molecular flexibility index (Phi) is 5.23. The number of anilines is 1. The highest BCUT2D eigenvalue weighted by Crippen LogP contribution is 2.14. The molecule has 5 nitrogen and oxygen atoms in total. The van der Waals surface area contributed by atoms with Crippen molar-refractivity contribution in [1.29, 1.82) is 0 Å². The molecule has 0 fully saturated rings. The van der Waals surface area contributed by atoms with E-state index in [9.17, 15) is 18.4 Å². The van der Waals surface area contributed by atoms with Gasteiger partial charge in [0.2, 0.25) is 5.91 Å². The number of amides is 3. The Hall–Kier alpha value is -2.18. The van der Waals surface area contributed by atoms with Crippen LogP contribution >= 0.6 is 0 Å². The number of halogens is 2. The lowest BCUT2D eigenvalue weighted by Gasteiger charge is -2.10. The summed E-state index contributed by atoms with van der Waals surface area (Å²) >= 11 is 0. The molecule has 0 saturated carbocycles. The highest BCUT2D eigenvalue weighted by Gasteiger charge is 2.09. The molecular weight excluding hydrogens is 256 g/mol. The predicted molar refractivity (Wildman–Crippen MR) is 66.7 cm³/mol. The maximum absolute atomic E-state index is 13.2. The van der Waals surface area contributed by atoms with E-state index in [4.69, 9.17) is 0 Å². The average molecular weight is 271 g/mol. The fourth-order valence-corrected chi connectivity index (χ4v) is 1.26. The van der Waals surface area contributed by atoms with Crippen LogP contribution in [0.25, 0.3) is 0 Å². The predicted octanol–water partition coefficient (Wildman–Crippen LogP) is 1.61. The van der Waals surface area contributed by atoms with Gasteiger partial charge in [-0.3, -0.25) is 4.79 Å². The summed E-state index contributed by atoms with van der Waals surface area (Å²) in [6.45, 7) is 3.23. The summed E-state index contributed by atoms with van der Waals surface area (Å²) < 4.78 is 25.9. The maximum Gasteiger partial charge on any atom is 0.315 e. The van der Waals surface area contributed by atoms with Crippen molar-refractivity contribution in [2.45, 2.75) is 19.9 Å². The first kappa shape index (κ1) is 14.9. The van der Waals surface area contributed by atoms with Crippen molar-refractivity contribution in [2.75, 3.05) is 11.9 Å². The molecule has 0 aliphatic carbocycles. The van der Waals surface area contributed by atoms with Crippen molar-refractivity contribution in [1.82, 2.24) is 10.6 Å². The van der Waals surface area contributed by atoms with Crippen molar-refractivity contribution < 1.29 is 18.4 Å². The van der Waals surface area contributed by atoms with Gasteiger partial charge in [-0.2, -0.15) is 0 Å². The quantitative estimate of drug-likeness (QED) is 0.778. The van der Waals surface area contributed by atoms with E-state index >= 15 is 0 Å². The van der Waals surface area contributed by atoms with E-state index in [2.05, 4.69) is 16.0 Å². The lowest BCUT2D eigenvalue weighted by molar-refractivity contribution is -0.115. The van der Waals surface area contributed by atoms with Crippen molar-refractivity contribution in [2.24, 2.45) is 0 Å². The Morgan fingerprint density at radius 1 is 1.26 bits per heavy atom. The van der Waals surface area contributed by atoms with Gasteiger partial charge in [0, 0.05) is 12.1 Å². The van der Waals surface area contributed by atoms with Gasteiger partial charge in [-0.05, 0) is 26.0 Å². The molecule has 104 valence electrons. The zero-order valence-corrected chi connectivity index (χ0v) is 10.6. The number of hydrogen-bond acceptors (Lipinski definition) is 2. The molecule has 0 spiro atoms. The molecule has 0 atom stereocenters. The summed E-state index contributed by atoms with van der Waals surface area (Å²) in [6.07, 6.45) is 0. The molecule has 1 aromatic carbocycles. The minimum Gasteiger partial charge on any atom is -0.336 e. The highest BCUT2D eigenvalue weighted by molar-refractivity contribution is 5.94. The van der Waals surface area contributed by atoms with E-state index < -0.39 is 23.6 Å². The van der Waals surface area contributed by atoms with E-state index in [1.165, 1.54) is 0 Å². The SMILES string of the molecule is CC(C)NC(=O)NCC(=O)Nc1ccc(F)cc1F. The zero-order valence-electron chi connectivity index (χ0n) is 10.6. The van der Waals surface area contributed by atoms with Gasteiger partial charge in [0.25, 0.3) is 0 Å². The molecule has 0 unspecified atom stereocenters. The molecule has 1 aromatic rings. The van der Waals surface area contributed by atoms with Crippen LogP contribution in [-0.4, -0.2) is 24.5 Å². The van der Waals surface area contributed by atoms with Crippen LogP contribution in [0.4, 0.5) is 19.3 Å². The van der Waals surface area contributed by atoms with Crippen molar-refractivity contribution in [3.8, 4) is 0 Å². The fraction of sp³-hybridized carbons (Fsp3) is 0.333. The van der Waals surface area contributed by atoms with Crippen LogP contribution in [0.5, 0.6) is 0 Å². The lowest BCUT2D eigenvalue weighted by atomic mass is 10.3. The van der Waals surface area contributed by atoms with Crippen molar-refractivity contribution >= 4 is 17.6 Å². The molecule has 1 rings (SSSR count). The Morgan fingerprint density at radius 2 is 1.95 bits per heavy atom. The molecule has 19 heavy (non-hydrogen) atoms. The van der Waals surface area contributed by atoms with Gasteiger partial charge in [-0.25, -0.2) is 13.6 Å². The lowest BCUT2D eigenvalue weighted by Crippen LogP contribution is -2.42. The van der Waals surface area contributed by atoms with Gasteiger partial charge in [0.1, 0.15) is 11.6 Å². The Labute approximate surface area is 109 Å². The number of benzene rings is 1. The summed E-state index contributed by atoms with van der Waals surface area (Å²) in [6, 6.07) is 2.24. The number of carbonyl (C=O) groups is 2. The summed E-state index contributed by atoms with van der Waals surface area (Å²) in [5.41, 5.74) is -0.141. The normalized spacial score (nSPS) is 10.2. The summed E-state index contributed by atoms with van der Waals surface area (Å²) in [4.78, 5) is 22.6. The van der Waals surface area contributed by atoms with Gasteiger partial charge in [-0.1, -0.05) is 0 Å². The van der Waals surface area contributed by atoms with Crippen molar-refractivity contribution in [3.05, 3.63) is 29.8 Å². The van der Waals surface area contributed by atoms with E-state index in [1.54, 1.807) is 13.8 Å². The second-order valence-electron chi connectivity index (χ2n) is 4.15. The molecule has 0 saturated heterocycles. The largest absolute Gasteiger partial charge is 0.336 e. The van der Waals surface area contributed by atoms with E-state index in [1.807, 2.05) is 0 Å². The topological polar surface area (TPSA) is 70.2 Å². The highest BCUT2D eigenvalue weighted by atomic mass is 19.1. The smallest absolute Gasteiger partial charge is 0.315 e. The van der Waals surface area contributed by atoms with Crippen LogP contribution in [-0.2, 0) is 4.79 Å². The van der Waals surface area contributed by atoms with E-state index in [0.29, 0.717) is 6.07 Å². The second kappa shape index (κ2) is 6.67. The van der Waals surface area contributed by atoms with Crippen LogP contribution in [0.1, 0.15) is 13.8 Å². The fourth-order valence-electron chi connectivity index (χ4n) is 1.26. The Morgan fingerprint density at radius 3 is 2.53 bits per heavy atom. The molecule has 0 radical (unpaired) electrons. The number of urea groups is 1. The molecule has 0 aliphatic heterocycles. The van der Waals surface area contributed by atoms with Crippen LogP contribution in [0.3, 0.4) is 0 Å². The minimum absolute atomic E-state index is 0.0578. The Bertz CT molecular complexity index is 478. The molecule has 3 N–H and O–H groups in total. The van der Waals surface area contributed by atoms with Gasteiger partial charge in [0.15, 0.2) is 0 Å². The first-order chi connectivity index (χ1) is 8.88. The molecule has 0 heterocycles. The third kappa shape index (κ3) is 5.33. The number of rotatable bonds is 4. The Balaban J connectivity index is 2.45. The van der Waals surface area contributed by atoms with Crippen LogP contribution in [0, 0.1) is 11.6 Å². The van der Waals surface area contributed by atoms with Gasteiger partial charge in [0.05, 0.1) is 12.2 Å². The van der Waals surface area contributed by atoms with Crippen LogP contribution in [0.15, 0.2) is 18.2 Å². The third-order valence-corrected chi connectivity index (χ3v) is 2.03. The number of carbonyl (C=O) groups excluding carboxylic acids is 2.